The number of hydrogen-bond donors (Lipinski definition) is 2. The first-order valence-corrected chi connectivity index (χ1v) is 8.36. The summed E-state index contributed by atoms with van der Waals surface area (Å²) in [5.74, 6) is -0.0687. The van der Waals surface area contributed by atoms with Crippen LogP contribution in [0.15, 0.2) is 30.3 Å². The van der Waals surface area contributed by atoms with Gasteiger partial charge < -0.3 is 15.5 Å². The van der Waals surface area contributed by atoms with E-state index in [-0.39, 0.29) is 29.8 Å². The van der Waals surface area contributed by atoms with E-state index in [2.05, 4.69) is 17.6 Å². The van der Waals surface area contributed by atoms with Crippen LogP contribution in [-0.4, -0.2) is 42.9 Å². The topological polar surface area (TPSA) is 61.4 Å². The summed E-state index contributed by atoms with van der Waals surface area (Å²) in [5, 5.41) is 6.32. The fourth-order valence-electron chi connectivity index (χ4n) is 3.22. The molecule has 0 radical (unpaired) electrons. The smallest absolute Gasteiger partial charge is 0.225 e. The molecule has 1 fully saturated rings. The van der Waals surface area contributed by atoms with Crippen molar-refractivity contribution in [2.45, 2.75) is 38.8 Å². The van der Waals surface area contributed by atoms with Crippen LogP contribution in [0.2, 0.25) is 0 Å². The predicted molar refractivity (Wildman–Crippen MR) is 90.8 cm³/mol. The van der Waals surface area contributed by atoms with Gasteiger partial charge in [0.1, 0.15) is 0 Å². The van der Waals surface area contributed by atoms with Gasteiger partial charge in [0.05, 0.1) is 12.0 Å². The Morgan fingerprint density at radius 2 is 2.04 bits per heavy atom. The van der Waals surface area contributed by atoms with Crippen molar-refractivity contribution >= 4 is 11.8 Å². The second-order valence-electron chi connectivity index (χ2n) is 6.21. The number of nitrogens with one attached hydrogen (secondary N) is 2. The maximum Gasteiger partial charge on any atom is 0.225 e. The maximum absolute atomic E-state index is 12.7. The van der Waals surface area contributed by atoms with E-state index in [1.54, 1.807) is 11.9 Å². The quantitative estimate of drug-likeness (QED) is 0.840. The Balaban J connectivity index is 2.11. The summed E-state index contributed by atoms with van der Waals surface area (Å²) in [7, 11) is 1.79. The molecule has 1 aliphatic heterocycles. The number of likely N-dealkylation sites (tertiary alicyclic amines) is 1. The second kappa shape index (κ2) is 8.11. The Morgan fingerprint density at radius 1 is 1.35 bits per heavy atom. The van der Waals surface area contributed by atoms with Crippen LogP contribution in [0.1, 0.15) is 38.3 Å². The van der Waals surface area contributed by atoms with Crippen LogP contribution in [0, 0.1) is 5.92 Å². The van der Waals surface area contributed by atoms with Gasteiger partial charge in [0.15, 0.2) is 0 Å². The molecule has 3 atom stereocenters. The van der Waals surface area contributed by atoms with Gasteiger partial charge in [-0.05, 0) is 25.5 Å². The monoisotopic (exact) mass is 317 g/mol. The number of amides is 2. The average molecular weight is 317 g/mol. The molecule has 1 aromatic rings. The summed E-state index contributed by atoms with van der Waals surface area (Å²) in [6.07, 6.45) is 1.03. The first-order valence-electron chi connectivity index (χ1n) is 8.36. The lowest BCUT2D eigenvalue weighted by Gasteiger charge is -2.38. The number of nitrogens with zero attached hydrogens (tertiary/aromatic N) is 1. The molecule has 2 amide bonds. The highest BCUT2D eigenvalue weighted by Crippen LogP contribution is 2.35. The van der Waals surface area contributed by atoms with Crippen LogP contribution >= 0.6 is 0 Å². The highest BCUT2D eigenvalue weighted by molar-refractivity contribution is 5.84. The summed E-state index contributed by atoms with van der Waals surface area (Å²) in [4.78, 5) is 26.5. The van der Waals surface area contributed by atoms with Crippen molar-refractivity contribution in [2.75, 3.05) is 20.1 Å². The lowest BCUT2D eigenvalue weighted by molar-refractivity contribution is -0.141. The van der Waals surface area contributed by atoms with Gasteiger partial charge >= 0.3 is 0 Å². The molecule has 126 valence electrons. The fourth-order valence-corrected chi connectivity index (χ4v) is 3.22. The van der Waals surface area contributed by atoms with Gasteiger partial charge in [0.25, 0.3) is 0 Å². The molecule has 0 saturated carbocycles. The molecule has 0 spiro atoms. The van der Waals surface area contributed by atoms with Gasteiger partial charge in [-0.2, -0.15) is 0 Å². The summed E-state index contributed by atoms with van der Waals surface area (Å²) in [5.41, 5.74) is 1.02. The van der Waals surface area contributed by atoms with E-state index in [1.165, 1.54) is 0 Å². The van der Waals surface area contributed by atoms with E-state index in [0.29, 0.717) is 19.4 Å². The minimum absolute atomic E-state index is 0.0305. The van der Waals surface area contributed by atoms with E-state index in [4.69, 9.17) is 0 Å². The Bertz CT molecular complexity index is 532. The summed E-state index contributed by atoms with van der Waals surface area (Å²) in [6, 6.07) is 9.87. The fraction of sp³-hybridized carbons (Fsp3) is 0.556. The lowest BCUT2D eigenvalue weighted by atomic mass is 9.84. The Hall–Kier alpha value is -1.88. The molecular formula is C18H27N3O2. The number of rotatable bonds is 6. The van der Waals surface area contributed by atoms with Crippen molar-refractivity contribution in [2.24, 2.45) is 5.92 Å². The van der Waals surface area contributed by atoms with Crippen LogP contribution in [-0.2, 0) is 9.59 Å². The molecule has 2 rings (SSSR count). The van der Waals surface area contributed by atoms with Gasteiger partial charge in [-0.3, -0.25) is 9.59 Å². The molecule has 1 aromatic carbocycles. The van der Waals surface area contributed by atoms with E-state index in [1.807, 2.05) is 37.3 Å². The summed E-state index contributed by atoms with van der Waals surface area (Å²) in [6.45, 7) is 5.58. The first kappa shape index (κ1) is 17.5. The van der Waals surface area contributed by atoms with Crippen molar-refractivity contribution < 1.29 is 9.59 Å². The third-order valence-electron chi connectivity index (χ3n) is 4.47. The zero-order chi connectivity index (χ0) is 16.8. The molecule has 5 heteroatoms. The van der Waals surface area contributed by atoms with E-state index in [9.17, 15) is 9.59 Å². The van der Waals surface area contributed by atoms with Crippen LogP contribution in [0.3, 0.4) is 0 Å². The van der Waals surface area contributed by atoms with Crippen LogP contribution in [0.5, 0.6) is 0 Å². The minimum Gasteiger partial charge on any atom is -0.354 e. The minimum atomic E-state index is -0.200. The molecule has 1 heterocycles. The number of carbonyl (C=O) groups excluding carboxylic acids is 2. The van der Waals surface area contributed by atoms with Crippen molar-refractivity contribution in [3.63, 3.8) is 0 Å². The predicted octanol–water partition coefficient (Wildman–Crippen LogP) is 1.71. The second-order valence-corrected chi connectivity index (χ2v) is 6.21. The maximum atomic E-state index is 12.7. The number of likely N-dealkylation sites (N-methyl/N-ethyl adjacent to an activating group) is 1. The normalized spacial score (nSPS) is 22.7. The van der Waals surface area contributed by atoms with Gasteiger partial charge in [-0.15, -0.1) is 0 Å². The SMILES string of the molecule is CCN[C@H](C)CNC(=O)C1CCC(=O)N(C)C1c1ccccc1. The van der Waals surface area contributed by atoms with Crippen LogP contribution in [0.4, 0.5) is 0 Å². The third kappa shape index (κ3) is 4.32. The van der Waals surface area contributed by atoms with Gasteiger partial charge in [0.2, 0.25) is 11.8 Å². The van der Waals surface area contributed by atoms with Gasteiger partial charge in [-0.1, -0.05) is 37.3 Å². The number of hydrogen-bond acceptors (Lipinski definition) is 3. The molecular weight excluding hydrogens is 290 g/mol. The summed E-state index contributed by atoms with van der Waals surface area (Å²) < 4.78 is 0. The molecule has 1 saturated heterocycles. The van der Waals surface area contributed by atoms with Gasteiger partial charge in [0, 0.05) is 26.1 Å². The molecule has 0 bridgehead atoms. The average Bonchev–Trinajstić information content (AvgIpc) is 2.56. The van der Waals surface area contributed by atoms with E-state index < -0.39 is 0 Å². The van der Waals surface area contributed by atoms with Crippen LogP contribution < -0.4 is 10.6 Å². The van der Waals surface area contributed by atoms with Crippen molar-refractivity contribution in [3.8, 4) is 0 Å². The number of benzene rings is 1. The summed E-state index contributed by atoms with van der Waals surface area (Å²) >= 11 is 0. The Kier molecular flexibility index (Phi) is 6.16. The lowest BCUT2D eigenvalue weighted by Crippen LogP contribution is -2.48. The molecule has 0 aromatic heterocycles. The Morgan fingerprint density at radius 3 is 2.70 bits per heavy atom. The zero-order valence-corrected chi connectivity index (χ0v) is 14.2. The molecule has 0 aliphatic carbocycles. The third-order valence-corrected chi connectivity index (χ3v) is 4.47. The molecule has 2 N–H and O–H groups in total. The van der Waals surface area contributed by atoms with E-state index >= 15 is 0 Å². The van der Waals surface area contributed by atoms with E-state index in [0.717, 1.165) is 12.1 Å². The standard InChI is InChI=1S/C18H27N3O2/c1-4-19-13(2)12-20-18(23)15-10-11-16(22)21(3)17(15)14-8-6-5-7-9-14/h5-9,13,15,17,19H,4,10-12H2,1-3H3,(H,20,23)/t13-,15?,17?/m1/s1. The molecule has 5 nitrogen and oxygen atoms in total. The first-order chi connectivity index (χ1) is 11.0. The van der Waals surface area contributed by atoms with Crippen molar-refractivity contribution in [1.82, 2.24) is 15.5 Å². The molecule has 1 aliphatic rings. The number of carbonyl (C=O) groups is 2. The highest BCUT2D eigenvalue weighted by atomic mass is 16.2. The highest BCUT2D eigenvalue weighted by Gasteiger charge is 2.38. The van der Waals surface area contributed by atoms with Crippen LogP contribution in [0.25, 0.3) is 0 Å². The van der Waals surface area contributed by atoms with Crippen molar-refractivity contribution in [1.29, 1.82) is 0 Å². The van der Waals surface area contributed by atoms with Crippen molar-refractivity contribution in [3.05, 3.63) is 35.9 Å². The van der Waals surface area contributed by atoms with Gasteiger partial charge in [-0.25, -0.2) is 0 Å². The largest absolute Gasteiger partial charge is 0.354 e. The molecule has 2 unspecified atom stereocenters. The zero-order valence-electron chi connectivity index (χ0n) is 14.2. The molecule has 23 heavy (non-hydrogen) atoms. The number of piperidine rings is 1. The Labute approximate surface area is 138 Å².